The molecule has 0 bridgehead atoms. The van der Waals surface area contributed by atoms with Gasteiger partial charge in [-0.2, -0.15) is 0 Å². The lowest BCUT2D eigenvalue weighted by Gasteiger charge is -2.35. The Bertz CT molecular complexity index is 580. The zero-order valence-electron chi connectivity index (χ0n) is 16.2. The van der Waals surface area contributed by atoms with Gasteiger partial charge in [0.25, 0.3) is 5.91 Å². The molecule has 0 aliphatic carbocycles. The van der Waals surface area contributed by atoms with Crippen LogP contribution in [0.5, 0.6) is 0 Å². The third-order valence-electron chi connectivity index (χ3n) is 4.73. The van der Waals surface area contributed by atoms with E-state index in [1.54, 1.807) is 14.1 Å². The van der Waals surface area contributed by atoms with Gasteiger partial charge in [-0.15, -0.1) is 24.0 Å². The Balaban J connectivity index is 0.00000338. The van der Waals surface area contributed by atoms with Crippen molar-refractivity contribution in [3.05, 3.63) is 35.4 Å². The molecule has 146 valence electrons. The quantitative estimate of drug-likeness (QED) is 0.349. The number of piperidine rings is 1. The zero-order valence-corrected chi connectivity index (χ0v) is 18.5. The molecule has 6 nitrogen and oxygen atoms in total. The van der Waals surface area contributed by atoms with Crippen molar-refractivity contribution >= 4 is 35.8 Å². The van der Waals surface area contributed by atoms with Crippen LogP contribution in [0.15, 0.2) is 29.3 Å². The van der Waals surface area contributed by atoms with Gasteiger partial charge in [-0.1, -0.05) is 12.1 Å². The van der Waals surface area contributed by atoms with Gasteiger partial charge in [0.15, 0.2) is 5.96 Å². The topological polar surface area (TPSA) is 68.8 Å². The second-order valence-corrected chi connectivity index (χ2v) is 6.75. The molecule has 7 heteroatoms. The molecule has 0 unspecified atom stereocenters. The summed E-state index contributed by atoms with van der Waals surface area (Å²) < 4.78 is 0. The van der Waals surface area contributed by atoms with Crippen LogP contribution in [0.4, 0.5) is 0 Å². The smallest absolute Gasteiger partial charge is 0.251 e. The van der Waals surface area contributed by atoms with Crippen LogP contribution in [0.3, 0.4) is 0 Å². The van der Waals surface area contributed by atoms with Crippen molar-refractivity contribution in [2.75, 3.05) is 27.2 Å². The summed E-state index contributed by atoms with van der Waals surface area (Å²) in [7, 11) is 3.44. The Morgan fingerprint density at radius 1 is 1.23 bits per heavy atom. The molecule has 0 radical (unpaired) electrons. The fourth-order valence-electron chi connectivity index (χ4n) is 3.05. The van der Waals surface area contributed by atoms with Gasteiger partial charge in [-0.25, -0.2) is 0 Å². The predicted molar refractivity (Wildman–Crippen MR) is 118 cm³/mol. The first-order chi connectivity index (χ1) is 12.0. The van der Waals surface area contributed by atoms with Crippen molar-refractivity contribution < 1.29 is 4.79 Å². The first-order valence-electron chi connectivity index (χ1n) is 9.05. The Labute approximate surface area is 174 Å². The lowest BCUT2D eigenvalue weighted by molar-refractivity contribution is 0.0963. The average molecular weight is 473 g/mol. The van der Waals surface area contributed by atoms with Crippen LogP contribution in [-0.4, -0.2) is 56.0 Å². The monoisotopic (exact) mass is 473 g/mol. The van der Waals surface area contributed by atoms with Crippen molar-refractivity contribution in [2.45, 2.75) is 45.3 Å². The number of nitrogens with zero attached hydrogens (tertiary/aromatic N) is 2. The summed E-state index contributed by atoms with van der Waals surface area (Å²) in [5, 5.41) is 9.50. The third-order valence-corrected chi connectivity index (χ3v) is 4.73. The Kier molecular flexibility index (Phi) is 9.93. The molecule has 1 heterocycles. The van der Waals surface area contributed by atoms with Gasteiger partial charge in [0, 0.05) is 51.4 Å². The highest BCUT2D eigenvalue weighted by atomic mass is 127. The maximum absolute atomic E-state index is 11.6. The number of likely N-dealkylation sites (tertiary alicyclic amines) is 1. The van der Waals surface area contributed by atoms with Gasteiger partial charge in [-0.05, 0) is 44.4 Å². The second kappa shape index (κ2) is 11.4. The van der Waals surface area contributed by atoms with E-state index in [1.807, 2.05) is 24.3 Å². The van der Waals surface area contributed by atoms with Crippen LogP contribution >= 0.6 is 24.0 Å². The van der Waals surface area contributed by atoms with E-state index in [0.29, 0.717) is 24.2 Å². The summed E-state index contributed by atoms with van der Waals surface area (Å²) in [6.45, 7) is 7.45. The number of carbonyl (C=O) groups is 1. The summed E-state index contributed by atoms with van der Waals surface area (Å²) in [6.07, 6.45) is 2.28. The average Bonchev–Trinajstić information content (AvgIpc) is 2.65. The van der Waals surface area contributed by atoms with E-state index in [2.05, 4.69) is 39.7 Å². The molecule has 2 rings (SSSR count). The minimum atomic E-state index is -0.0651. The van der Waals surface area contributed by atoms with Gasteiger partial charge >= 0.3 is 0 Å². The number of hydrogen-bond acceptors (Lipinski definition) is 3. The highest BCUT2D eigenvalue weighted by molar-refractivity contribution is 14.0. The number of carbonyl (C=O) groups excluding carboxylic acids is 1. The number of aliphatic imine (C=N–C) groups is 1. The van der Waals surface area contributed by atoms with Crippen LogP contribution < -0.4 is 16.0 Å². The standard InChI is InChI=1S/C19H31N5O.HI/c1-14(2)24-11-9-17(10-12-24)23-19(21-4)22-13-15-5-7-16(8-6-15)18(25)20-3;/h5-8,14,17H,9-13H2,1-4H3,(H,20,25)(H2,21,22,23);1H. The van der Waals surface area contributed by atoms with E-state index in [0.717, 1.165) is 37.5 Å². The molecule has 0 atom stereocenters. The molecule has 3 N–H and O–H groups in total. The van der Waals surface area contributed by atoms with E-state index in [9.17, 15) is 4.79 Å². The summed E-state index contributed by atoms with van der Waals surface area (Å²) in [5.41, 5.74) is 1.79. The summed E-state index contributed by atoms with van der Waals surface area (Å²) >= 11 is 0. The molecule has 0 spiro atoms. The van der Waals surface area contributed by atoms with E-state index >= 15 is 0 Å². The predicted octanol–water partition coefficient (Wildman–Crippen LogP) is 2.20. The number of rotatable bonds is 5. The maximum Gasteiger partial charge on any atom is 0.251 e. The Morgan fingerprint density at radius 3 is 2.35 bits per heavy atom. The minimum Gasteiger partial charge on any atom is -0.355 e. The van der Waals surface area contributed by atoms with Crippen molar-refractivity contribution in [1.82, 2.24) is 20.9 Å². The molecule has 0 aromatic heterocycles. The van der Waals surface area contributed by atoms with E-state index in [1.165, 1.54) is 0 Å². The third kappa shape index (κ3) is 6.75. The van der Waals surface area contributed by atoms with Crippen LogP contribution in [0.1, 0.15) is 42.6 Å². The number of guanidine groups is 1. The summed E-state index contributed by atoms with van der Waals surface area (Å²) in [6, 6.07) is 8.70. The van der Waals surface area contributed by atoms with Gasteiger partial charge in [0.2, 0.25) is 0 Å². The second-order valence-electron chi connectivity index (χ2n) is 6.75. The zero-order chi connectivity index (χ0) is 18.2. The lowest BCUT2D eigenvalue weighted by atomic mass is 10.0. The van der Waals surface area contributed by atoms with Crippen molar-refractivity contribution in [2.24, 2.45) is 4.99 Å². The summed E-state index contributed by atoms with van der Waals surface area (Å²) in [5.74, 6) is 0.767. The van der Waals surface area contributed by atoms with Crippen LogP contribution in [-0.2, 0) is 6.54 Å². The first kappa shape index (κ1) is 22.7. The fourth-order valence-corrected chi connectivity index (χ4v) is 3.05. The van der Waals surface area contributed by atoms with Gasteiger partial charge < -0.3 is 20.9 Å². The number of halogens is 1. The SMILES string of the molecule is CN=C(NCc1ccc(C(=O)NC)cc1)NC1CCN(C(C)C)CC1.I. The van der Waals surface area contributed by atoms with E-state index in [-0.39, 0.29) is 29.9 Å². The highest BCUT2D eigenvalue weighted by Gasteiger charge is 2.21. The molecule has 1 fully saturated rings. The van der Waals surface area contributed by atoms with E-state index in [4.69, 9.17) is 0 Å². The van der Waals surface area contributed by atoms with Crippen molar-refractivity contribution in [1.29, 1.82) is 0 Å². The van der Waals surface area contributed by atoms with Crippen LogP contribution in [0, 0.1) is 0 Å². The number of amides is 1. The molecule has 1 aromatic carbocycles. The minimum absolute atomic E-state index is 0. The van der Waals surface area contributed by atoms with Gasteiger partial charge in [0.1, 0.15) is 0 Å². The summed E-state index contributed by atoms with van der Waals surface area (Å²) in [4.78, 5) is 18.4. The van der Waals surface area contributed by atoms with E-state index < -0.39 is 0 Å². The van der Waals surface area contributed by atoms with Crippen molar-refractivity contribution in [3.8, 4) is 0 Å². The highest BCUT2D eigenvalue weighted by Crippen LogP contribution is 2.12. The van der Waals surface area contributed by atoms with Crippen LogP contribution in [0.2, 0.25) is 0 Å². The number of nitrogens with one attached hydrogen (secondary N) is 3. The van der Waals surface area contributed by atoms with Gasteiger partial charge in [0.05, 0.1) is 0 Å². The first-order valence-corrected chi connectivity index (χ1v) is 9.05. The number of hydrogen-bond donors (Lipinski definition) is 3. The fraction of sp³-hybridized carbons (Fsp3) is 0.579. The molecule has 26 heavy (non-hydrogen) atoms. The molecule has 0 saturated carbocycles. The van der Waals surface area contributed by atoms with Gasteiger partial charge in [-0.3, -0.25) is 9.79 Å². The van der Waals surface area contributed by atoms with Crippen molar-refractivity contribution in [3.63, 3.8) is 0 Å². The lowest BCUT2D eigenvalue weighted by Crippen LogP contribution is -2.49. The molecule has 1 aliphatic heterocycles. The Hall–Kier alpha value is -1.35. The normalized spacial score (nSPS) is 16.1. The largest absolute Gasteiger partial charge is 0.355 e. The molecule has 1 amide bonds. The Morgan fingerprint density at radius 2 is 1.85 bits per heavy atom. The molecule has 1 saturated heterocycles. The molecule has 1 aromatic rings. The molecular weight excluding hydrogens is 441 g/mol. The number of benzene rings is 1. The molecular formula is C19H32IN5O. The maximum atomic E-state index is 11.6. The van der Waals surface area contributed by atoms with Crippen LogP contribution in [0.25, 0.3) is 0 Å². The molecule has 1 aliphatic rings.